The first-order valence-electron chi connectivity index (χ1n) is 8.78. The summed E-state index contributed by atoms with van der Waals surface area (Å²) in [6.07, 6.45) is 6.86. The summed E-state index contributed by atoms with van der Waals surface area (Å²) in [6.45, 7) is 0. The molecular formula is C22H24N2Zr. The molecule has 3 heteroatoms. The van der Waals surface area contributed by atoms with Gasteiger partial charge >= 0.3 is 163 Å². The Hall–Kier alpha value is -1.60. The van der Waals surface area contributed by atoms with Crippen LogP contribution in [0.4, 0.5) is 0 Å². The van der Waals surface area contributed by atoms with Crippen LogP contribution in [0.3, 0.4) is 0 Å². The molecule has 2 aliphatic carbocycles. The van der Waals surface area contributed by atoms with Gasteiger partial charge in [0.05, 0.1) is 0 Å². The fraction of sp³-hybridized carbons (Fsp3) is 0.273. The average Bonchev–Trinajstić information content (AvgIpc) is 3.17. The van der Waals surface area contributed by atoms with Crippen LogP contribution in [0.5, 0.6) is 0 Å². The summed E-state index contributed by atoms with van der Waals surface area (Å²) in [5.41, 5.74) is 8.63. The maximum absolute atomic E-state index is 2.44. The summed E-state index contributed by atoms with van der Waals surface area (Å²) < 4.78 is 3.13. The fourth-order valence-corrected chi connectivity index (χ4v) is 6.29. The minimum absolute atomic E-state index is 0.750. The van der Waals surface area contributed by atoms with E-state index in [0.717, 1.165) is 12.8 Å². The predicted molar refractivity (Wildman–Crippen MR) is 103 cm³/mol. The van der Waals surface area contributed by atoms with Crippen LogP contribution in [-0.2, 0) is 36.1 Å². The quantitative estimate of drug-likeness (QED) is 0.769. The molecule has 0 aromatic heterocycles. The molecule has 0 aliphatic heterocycles. The summed E-state index contributed by atoms with van der Waals surface area (Å²) in [6, 6.07) is 14.3. The van der Waals surface area contributed by atoms with Crippen LogP contribution in [0.2, 0.25) is 0 Å². The Morgan fingerprint density at radius 2 is 1.12 bits per heavy atom. The Balaban J connectivity index is 1.57. The van der Waals surface area contributed by atoms with Crippen LogP contribution >= 0.6 is 0 Å². The van der Waals surface area contributed by atoms with Gasteiger partial charge in [-0.15, -0.1) is 0 Å². The Kier molecular flexibility index (Phi) is 4.45. The second kappa shape index (κ2) is 6.61. The number of allylic oxidation sites excluding steroid dienone is 2. The molecule has 2 aromatic carbocycles. The molecule has 126 valence electrons. The second-order valence-electron chi connectivity index (χ2n) is 7.37. The molecule has 0 unspecified atom stereocenters. The van der Waals surface area contributed by atoms with Crippen molar-refractivity contribution in [1.29, 1.82) is 0 Å². The zero-order valence-electron chi connectivity index (χ0n) is 15.4. The van der Waals surface area contributed by atoms with Gasteiger partial charge in [-0.1, -0.05) is 0 Å². The van der Waals surface area contributed by atoms with Gasteiger partial charge in [0.15, 0.2) is 0 Å². The van der Waals surface area contributed by atoms with Crippen LogP contribution in [0.15, 0.2) is 47.8 Å². The third-order valence-electron chi connectivity index (χ3n) is 5.12. The van der Waals surface area contributed by atoms with Gasteiger partial charge in [-0.05, 0) is 0 Å². The number of hydrogen-bond donors (Lipinski definition) is 0. The number of rotatable bonds is 4. The number of hydrogen-bond acceptors (Lipinski definition) is 2. The molecular weight excluding hydrogens is 383 g/mol. The number of fused-ring (bicyclic) bond motifs is 2. The van der Waals surface area contributed by atoms with Crippen molar-refractivity contribution in [3.05, 3.63) is 70.0 Å². The summed E-state index contributed by atoms with van der Waals surface area (Å²) in [7, 11) is 8.54. The Bertz CT molecular complexity index is 817. The van der Waals surface area contributed by atoms with Crippen LogP contribution in [0, 0.1) is 0 Å². The van der Waals surface area contributed by atoms with Gasteiger partial charge in [0.2, 0.25) is 0 Å². The van der Waals surface area contributed by atoms with E-state index in [4.69, 9.17) is 0 Å². The van der Waals surface area contributed by atoms with Crippen LogP contribution < -0.4 is 6.54 Å². The molecule has 25 heavy (non-hydrogen) atoms. The first kappa shape index (κ1) is 16.8. The summed E-state index contributed by atoms with van der Waals surface area (Å²) in [5.74, 6) is 0. The van der Waals surface area contributed by atoms with E-state index in [2.05, 4.69) is 86.5 Å². The van der Waals surface area contributed by atoms with E-state index in [1.54, 1.807) is 6.54 Å². The number of likely N-dealkylation sites (N-methyl/N-ethyl adjacent to an activating group) is 2. The van der Waals surface area contributed by atoms with E-state index in [-0.39, 0.29) is 0 Å². The van der Waals surface area contributed by atoms with Crippen molar-refractivity contribution < 1.29 is 23.2 Å². The van der Waals surface area contributed by atoms with Crippen molar-refractivity contribution in [2.45, 2.75) is 12.8 Å². The molecule has 0 N–H and O–H groups in total. The maximum atomic E-state index is 2.44. The van der Waals surface area contributed by atoms with Gasteiger partial charge in [0.1, 0.15) is 0 Å². The van der Waals surface area contributed by atoms with Crippen molar-refractivity contribution in [1.82, 2.24) is 9.80 Å². The molecule has 0 saturated carbocycles. The van der Waals surface area contributed by atoms with E-state index in [0.29, 0.717) is 0 Å². The van der Waals surface area contributed by atoms with Gasteiger partial charge in [0.25, 0.3) is 0 Å². The van der Waals surface area contributed by atoms with E-state index in [9.17, 15) is 0 Å². The normalized spacial score (nSPS) is 14.6. The van der Waals surface area contributed by atoms with Crippen molar-refractivity contribution in [2.75, 3.05) is 28.2 Å². The van der Waals surface area contributed by atoms with Gasteiger partial charge in [0, 0.05) is 0 Å². The monoisotopic (exact) mass is 406 g/mol. The van der Waals surface area contributed by atoms with Crippen molar-refractivity contribution in [2.24, 2.45) is 0 Å². The van der Waals surface area contributed by atoms with E-state index in [1.165, 1.54) is 33.6 Å². The van der Waals surface area contributed by atoms with Crippen molar-refractivity contribution in [3.8, 4) is 0 Å². The summed E-state index contributed by atoms with van der Waals surface area (Å²) in [5, 5.41) is 0. The summed E-state index contributed by atoms with van der Waals surface area (Å²) in [4.78, 5) is 4.46. The molecule has 2 aromatic rings. The minimum atomic E-state index is -0.750. The Labute approximate surface area is 162 Å². The zero-order valence-corrected chi connectivity index (χ0v) is 17.9. The van der Waals surface area contributed by atoms with Crippen LogP contribution in [0.1, 0.15) is 22.3 Å². The number of benzene rings is 2. The molecule has 0 radical (unpaired) electrons. The van der Waals surface area contributed by atoms with E-state index >= 15 is 0 Å². The molecule has 0 fully saturated rings. The molecule has 0 bridgehead atoms. The third-order valence-corrected chi connectivity index (χ3v) is 8.06. The van der Waals surface area contributed by atoms with E-state index in [1.807, 2.05) is 0 Å². The second-order valence-corrected chi connectivity index (χ2v) is 10.8. The standard InChI is InChI=1S/2C11H12N.Zr/c2*1-12(2)11-7-9-5-3-4-6-10(9)8-11;/h2*3,5-6,8H,7H2,1-2H3;. The predicted octanol–water partition coefficient (Wildman–Crippen LogP) is 2.64. The zero-order chi connectivity index (χ0) is 17.6. The van der Waals surface area contributed by atoms with E-state index < -0.39 is 23.2 Å². The Morgan fingerprint density at radius 3 is 1.52 bits per heavy atom. The molecule has 0 saturated heterocycles. The van der Waals surface area contributed by atoms with Crippen LogP contribution in [-0.4, -0.2) is 38.0 Å². The van der Waals surface area contributed by atoms with Gasteiger partial charge < -0.3 is 0 Å². The van der Waals surface area contributed by atoms with Gasteiger partial charge in [-0.3, -0.25) is 0 Å². The van der Waals surface area contributed by atoms with Crippen molar-refractivity contribution in [3.63, 3.8) is 0 Å². The molecule has 0 atom stereocenters. The molecule has 4 rings (SSSR count). The third kappa shape index (κ3) is 3.40. The molecule has 0 spiro atoms. The average molecular weight is 408 g/mol. The molecule has 2 nitrogen and oxygen atoms in total. The first-order chi connectivity index (χ1) is 12.0. The Morgan fingerprint density at radius 1 is 0.680 bits per heavy atom. The van der Waals surface area contributed by atoms with Gasteiger partial charge in [-0.2, -0.15) is 0 Å². The molecule has 0 heterocycles. The molecule has 0 amide bonds. The first-order valence-corrected chi connectivity index (χ1v) is 11.2. The summed E-state index contributed by atoms with van der Waals surface area (Å²) >= 11 is -0.750. The van der Waals surface area contributed by atoms with Crippen molar-refractivity contribution >= 4 is 18.7 Å². The SMILES string of the molecule is CN(C)C1=Cc2c[c]([Zr][c]3ccc4c(c3)C=C(N(C)C)C4)ccc2C1. The van der Waals surface area contributed by atoms with Gasteiger partial charge in [-0.25, -0.2) is 0 Å². The molecule has 2 aliphatic rings. The number of nitrogens with zero attached hydrogens (tertiary/aromatic N) is 2. The fourth-order valence-electron chi connectivity index (χ4n) is 3.53. The van der Waals surface area contributed by atoms with Crippen LogP contribution in [0.25, 0.3) is 12.2 Å². The topological polar surface area (TPSA) is 6.48 Å².